The van der Waals surface area contributed by atoms with Crippen LogP contribution in [0.25, 0.3) is 0 Å². The minimum Gasteiger partial charge on any atom is -0.388 e. The highest BCUT2D eigenvalue weighted by Gasteiger charge is 2.46. The standard InChI is InChI=1S/C13H22N3O4P/c1-8-15-10(17)7-14-16(8)13-12(19)11(18)9(20-13)5-6-21(2,3)4/h7,9,11-13,18-19H,1-2,5-6H2,3-4H3,(H,15,17)/t9-,11-,12-,13-/m1/s1. The van der Waals surface area contributed by atoms with Gasteiger partial charge >= 0.3 is 0 Å². The summed E-state index contributed by atoms with van der Waals surface area (Å²) in [6, 6.07) is 0. The molecule has 0 saturated carbocycles. The van der Waals surface area contributed by atoms with Gasteiger partial charge in [-0.1, -0.05) is 6.58 Å². The number of nitrogens with one attached hydrogen (secondary N) is 1. The lowest BCUT2D eigenvalue weighted by molar-refractivity contribution is -0.117. The Morgan fingerprint density at radius 1 is 1.48 bits per heavy atom. The highest BCUT2D eigenvalue weighted by molar-refractivity contribution is 7.72. The fourth-order valence-corrected chi connectivity index (χ4v) is 3.24. The molecule has 1 fully saturated rings. The molecule has 0 aromatic carbocycles. The third-order valence-electron chi connectivity index (χ3n) is 3.44. The van der Waals surface area contributed by atoms with Crippen LogP contribution in [0.4, 0.5) is 0 Å². The van der Waals surface area contributed by atoms with Crippen molar-refractivity contribution in [2.24, 2.45) is 5.10 Å². The highest BCUT2D eigenvalue weighted by atomic mass is 31.2. The second-order valence-electron chi connectivity index (χ2n) is 6.02. The molecule has 8 heteroatoms. The van der Waals surface area contributed by atoms with Crippen LogP contribution in [0.1, 0.15) is 6.42 Å². The van der Waals surface area contributed by atoms with Crippen molar-refractivity contribution < 1.29 is 19.7 Å². The van der Waals surface area contributed by atoms with Gasteiger partial charge in [-0.3, -0.25) is 4.79 Å². The van der Waals surface area contributed by atoms with Gasteiger partial charge in [0.15, 0.2) is 6.23 Å². The lowest BCUT2D eigenvalue weighted by Crippen LogP contribution is -2.47. The number of aliphatic hydroxyl groups excluding tert-OH is 2. The SMILES string of the molecule is C=C1NC(=O)C=NN1[C@@H]1O[C@H](CCP(=C)(C)C)[C@@H](O)[C@H]1O. The minimum atomic E-state index is -1.23. The second kappa shape index (κ2) is 5.93. The molecule has 21 heavy (non-hydrogen) atoms. The van der Waals surface area contributed by atoms with Crippen LogP contribution in [0.5, 0.6) is 0 Å². The molecule has 2 aliphatic heterocycles. The van der Waals surface area contributed by atoms with Gasteiger partial charge in [0.1, 0.15) is 24.2 Å². The number of hydrogen-bond acceptors (Lipinski definition) is 6. The summed E-state index contributed by atoms with van der Waals surface area (Å²) >= 11 is 0. The van der Waals surface area contributed by atoms with Crippen molar-refractivity contribution in [3.8, 4) is 0 Å². The van der Waals surface area contributed by atoms with Gasteiger partial charge in [0, 0.05) is 0 Å². The molecule has 0 aromatic heterocycles. The summed E-state index contributed by atoms with van der Waals surface area (Å²) in [5, 5.41) is 27.9. The van der Waals surface area contributed by atoms with Crippen LogP contribution < -0.4 is 5.32 Å². The molecule has 2 rings (SSSR count). The van der Waals surface area contributed by atoms with E-state index in [0.717, 1.165) is 12.4 Å². The van der Waals surface area contributed by atoms with Crippen LogP contribution in [0, 0.1) is 0 Å². The van der Waals surface area contributed by atoms with E-state index >= 15 is 0 Å². The molecule has 0 spiro atoms. The summed E-state index contributed by atoms with van der Waals surface area (Å²) < 4.78 is 5.72. The Labute approximate surface area is 124 Å². The zero-order chi connectivity index (χ0) is 15.8. The minimum absolute atomic E-state index is 0.212. The Hall–Kier alpha value is -1.14. The molecule has 1 amide bonds. The Morgan fingerprint density at radius 3 is 2.71 bits per heavy atom. The molecule has 0 unspecified atom stereocenters. The van der Waals surface area contributed by atoms with Crippen molar-refractivity contribution in [3.05, 3.63) is 12.4 Å². The smallest absolute Gasteiger partial charge is 0.269 e. The van der Waals surface area contributed by atoms with Crippen LogP contribution in [0.15, 0.2) is 17.5 Å². The number of nitrogens with zero attached hydrogens (tertiary/aromatic N) is 2. The van der Waals surface area contributed by atoms with E-state index in [9.17, 15) is 15.0 Å². The summed E-state index contributed by atoms with van der Waals surface area (Å²) in [6.07, 6.45) is 3.22. The fraction of sp³-hybridized carbons (Fsp3) is 0.615. The Morgan fingerprint density at radius 2 is 2.14 bits per heavy atom. The molecule has 7 nitrogen and oxygen atoms in total. The van der Waals surface area contributed by atoms with Gasteiger partial charge in [-0.2, -0.15) is 5.10 Å². The molecule has 3 N–H and O–H groups in total. The van der Waals surface area contributed by atoms with Gasteiger partial charge in [0.05, 0.1) is 6.10 Å². The molecule has 0 radical (unpaired) electrons. The average Bonchev–Trinajstić information content (AvgIpc) is 2.64. The Bertz CT molecular complexity index is 516. The fourth-order valence-electron chi connectivity index (χ4n) is 2.28. The first-order valence-electron chi connectivity index (χ1n) is 6.71. The number of ether oxygens (including phenoxy) is 1. The predicted molar refractivity (Wildman–Crippen MR) is 83.7 cm³/mol. The molecule has 4 atom stereocenters. The number of carbonyl (C=O) groups is 1. The van der Waals surface area contributed by atoms with E-state index in [1.807, 2.05) is 0 Å². The molecular weight excluding hydrogens is 293 g/mol. The highest BCUT2D eigenvalue weighted by Crippen LogP contribution is 2.38. The second-order valence-corrected chi connectivity index (χ2v) is 10.3. The molecule has 0 bridgehead atoms. The van der Waals surface area contributed by atoms with E-state index in [2.05, 4.69) is 36.6 Å². The number of aliphatic hydroxyl groups is 2. The van der Waals surface area contributed by atoms with Gasteiger partial charge < -0.3 is 20.3 Å². The van der Waals surface area contributed by atoms with Crippen molar-refractivity contribution in [3.63, 3.8) is 0 Å². The van der Waals surface area contributed by atoms with Crippen LogP contribution in [0.2, 0.25) is 0 Å². The molecule has 2 aliphatic rings. The van der Waals surface area contributed by atoms with Gasteiger partial charge in [-0.05, 0) is 25.9 Å². The summed E-state index contributed by atoms with van der Waals surface area (Å²) in [7, 11) is 0. The molecular formula is C13H22N3O4P. The van der Waals surface area contributed by atoms with Crippen molar-refractivity contribution in [1.29, 1.82) is 0 Å². The Kier molecular flexibility index (Phi) is 4.58. The van der Waals surface area contributed by atoms with Gasteiger partial charge in [0.2, 0.25) is 0 Å². The van der Waals surface area contributed by atoms with Crippen molar-refractivity contribution >= 4 is 25.3 Å². The first-order chi connectivity index (χ1) is 9.69. The quantitative estimate of drug-likeness (QED) is 0.604. The van der Waals surface area contributed by atoms with E-state index in [4.69, 9.17) is 4.74 Å². The Balaban J connectivity index is 2.06. The van der Waals surface area contributed by atoms with Gasteiger partial charge in [-0.25, -0.2) is 5.01 Å². The number of amides is 1. The third kappa shape index (κ3) is 3.74. The maximum Gasteiger partial charge on any atom is 0.269 e. The predicted octanol–water partition coefficient (Wildman–Crippen LogP) is -0.579. The molecule has 0 aliphatic carbocycles. The normalized spacial score (nSPS) is 33.4. The van der Waals surface area contributed by atoms with Gasteiger partial charge in [-0.15, -0.1) is 13.2 Å². The van der Waals surface area contributed by atoms with E-state index in [-0.39, 0.29) is 11.7 Å². The molecule has 0 aromatic rings. The summed E-state index contributed by atoms with van der Waals surface area (Å²) in [5.74, 6) is -0.172. The summed E-state index contributed by atoms with van der Waals surface area (Å²) in [6.45, 7) is 6.65. The van der Waals surface area contributed by atoms with E-state index in [0.29, 0.717) is 6.42 Å². The number of rotatable bonds is 4. The zero-order valence-corrected chi connectivity index (χ0v) is 13.2. The molecule has 2 heterocycles. The first kappa shape index (κ1) is 16.2. The van der Waals surface area contributed by atoms with E-state index in [1.54, 1.807) is 0 Å². The molecule has 118 valence electrons. The van der Waals surface area contributed by atoms with Crippen LogP contribution in [-0.4, -0.2) is 77.7 Å². The number of carbonyl (C=O) groups excluding carboxylic acids is 1. The van der Waals surface area contributed by atoms with E-state index < -0.39 is 31.4 Å². The maximum absolute atomic E-state index is 11.2. The average molecular weight is 315 g/mol. The summed E-state index contributed by atoms with van der Waals surface area (Å²) in [5.41, 5.74) is 0. The number of hydrazone groups is 1. The monoisotopic (exact) mass is 315 g/mol. The maximum atomic E-state index is 11.2. The van der Waals surface area contributed by atoms with Crippen molar-refractivity contribution in [2.75, 3.05) is 19.5 Å². The van der Waals surface area contributed by atoms with E-state index in [1.165, 1.54) is 5.01 Å². The first-order valence-corrected chi connectivity index (χ1v) is 9.76. The number of hydrogen-bond donors (Lipinski definition) is 3. The largest absolute Gasteiger partial charge is 0.388 e. The molecule has 1 saturated heterocycles. The van der Waals surface area contributed by atoms with Crippen LogP contribution >= 0.6 is 6.89 Å². The lowest BCUT2D eigenvalue weighted by atomic mass is 10.1. The van der Waals surface area contributed by atoms with Gasteiger partial charge in [0.25, 0.3) is 5.91 Å². The van der Waals surface area contributed by atoms with Crippen LogP contribution in [0.3, 0.4) is 0 Å². The summed E-state index contributed by atoms with van der Waals surface area (Å²) in [4.78, 5) is 11.2. The van der Waals surface area contributed by atoms with Crippen molar-refractivity contribution in [1.82, 2.24) is 10.3 Å². The van der Waals surface area contributed by atoms with Crippen LogP contribution in [-0.2, 0) is 9.53 Å². The lowest BCUT2D eigenvalue weighted by Gasteiger charge is -2.30. The van der Waals surface area contributed by atoms with Crippen molar-refractivity contribution in [2.45, 2.75) is 31.0 Å². The topological polar surface area (TPSA) is 94.4 Å². The zero-order valence-electron chi connectivity index (χ0n) is 12.3. The third-order valence-corrected chi connectivity index (χ3v) is 4.91.